The normalized spacial score (nSPS) is 12.2. The van der Waals surface area contributed by atoms with Gasteiger partial charge in [-0.3, -0.25) is 0 Å². The van der Waals surface area contributed by atoms with E-state index in [1.54, 1.807) is 6.07 Å². The van der Waals surface area contributed by atoms with Crippen molar-refractivity contribution in [3.63, 3.8) is 0 Å². The highest BCUT2D eigenvalue weighted by atomic mass is 79.9. The van der Waals surface area contributed by atoms with Crippen LogP contribution in [-0.4, -0.2) is 12.1 Å². The minimum absolute atomic E-state index is 0.0203. The Bertz CT molecular complexity index is 863. The number of hydrogen-bond acceptors (Lipinski definition) is 3. The molecule has 0 fully saturated rings. The van der Waals surface area contributed by atoms with Gasteiger partial charge in [0.2, 0.25) is 0 Å². The van der Waals surface area contributed by atoms with Crippen molar-refractivity contribution in [3.8, 4) is 11.5 Å². The molecule has 0 aromatic heterocycles. The third-order valence-electron chi connectivity index (χ3n) is 4.52. The largest absolute Gasteiger partial charge is 0.490 e. The lowest BCUT2D eigenvalue weighted by molar-refractivity contribution is 0.240. The zero-order valence-corrected chi connectivity index (χ0v) is 21.8. The molecule has 2 rings (SSSR count). The topological polar surface area (TPSA) is 30.5 Å². The number of halogens is 3. The first-order chi connectivity index (χ1) is 13.9. The molecule has 2 aromatic carbocycles. The predicted octanol–water partition coefficient (Wildman–Crippen LogP) is 8.04. The fraction of sp³-hybridized carbons (Fsp3) is 0.500. The van der Waals surface area contributed by atoms with E-state index in [-0.39, 0.29) is 11.0 Å². The van der Waals surface area contributed by atoms with Gasteiger partial charge in [0.25, 0.3) is 0 Å². The van der Waals surface area contributed by atoms with E-state index in [9.17, 15) is 0 Å². The average Bonchev–Trinajstić information content (AvgIpc) is 2.61. The number of rotatable bonds is 9. The first-order valence-electron chi connectivity index (χ1n) is 10.2. The van der Waals surface area contributed by atoms with Gasteiger partial charge in [0.15, 0.2) is 11.5 Å². The van der Waals surface area contributed by atoms with Crippen LogP contribution in [0.3, 0.4) is 0 Å². The third-order valence-corrected chi connectivity index (χ3v) is 6.00. The summed E-state index contributed by atoms with van der Waals surface area (Å²) in [6.07, 6.45) is 1.07. The first kappa shape index (κ1) is 25.3. The molecular formula is C24H32BrCl2NO2. The van der Waals surface area contributed by atoms with E-state index in [4.69, 9.17) is 32.7 Å². The molecular weight excluding hydrogens is 485 g/mol. The van der Waals surface area contributed by atoms with Crippen LogP contribution in [0.4, 0.5) is 0 Å². The molecule has 166 valence electrons. The number of ether oxygens (including phenoxy) is 2. The van der Waals surface area contributed by atoms with Gasteiger partial charge in [-0.1, -0.05) is 66.0 Å². The Morgan fingerprint density at radius 2 is 1.60 bits per heavy atom. The van der Waals surface area contributed by atoms with E-state index in [0.29, 0.717) is 29.0 Å². The van der Waals surface area contributed by atoms with Gasteiger partial charge < -0.3 is 14.8 Å². The zero-order chi connectivity index (χ0) is 22.5. The lowest BCUT2D eigenvalue weighted by Gasteiger charge is -2.33. The van der Waals surface area contributed by atoms with Crippen LogP contribution >= 0.6 is 39.1 Å². The van der Waals surface area contributed by atoms with Crippen molar-refractivity contribution < 1.29 is 9.47 Å². The number of nitrogens with one attached hydrogen (secondary N) is 1. The van der Waals surface area contributed by atoms with Gasteiger partial charge in [0.1, 0.15) is 6.61 Å². The second kappa shape index (κ2) is 10.6. The average molecular weight is 517 g/mol. The van der Waals surface area contributed by atoms with Crippen LogP contribution < -0.4 is 14.8 Å². The number of hydrogen-bond donors (Lipinski definition) is 1. The summed E-state index contributed by atoms with van der Waals surface area (Å²) in [5.41, 5.74) is 2.35. The summed E-state index contributed by atoms with van der Waals surface area (Å²) in [7, 11) is 0. The summed E-state index contributed by atoms with van der Waals surface area (Å²) in [5.74, 6) is 1.42. The highest BCUT2D eigenvalue weighted by molar-refractivity contribution is 9.10. The monoisotopic (exact) mass is 515 g/mol. The van der Waals surface area contributed by atoms with Crippen LogP contribution in [-0.2, 0) is 13.2 Å². The summed E-state index contributed by atoms with van der Waals surface area (Å²) < 4.78 is 12.9. The zero-order valence-electron chi connectivity index (χ0n) is 18.7. The van der Waals surface area contributed by atoms with Crippen molar-refractivity contribution in [1.82, 2.24) is 5.32 Å². The maximum Gasteiger partial charge on any atom is 0.162 e. The van der Waals surface area contributed by atoms with E-state index in [2.05, 4.69) is 55.9 Å². The lowest BCUT2D eigenvalue weighted by Crippen LogP contribution is -2.41. The van der Waals surface area contributed by atoms with Gasteiger partial charge in [-0.2, -0.15) is 0 Å². The summed E-state index contributed by atoms with van der Waals surface area (Å²) in [6.45, 7) is 14.9. The predicted molar refractivity (Wildman–Crippen MR) is 131 cm³/mol. The maximum atomic E-state index is 6.11. The van der Waals surface area contributed by atoms with Crippen molar-refractivity contribution in [1.29, 1.82) is 0 Å². The fourth-order valence-corrected chi connectivity index (χ4v) is 4.39. The Balaban J connectivity index is 2.15. The second-order valence-corrected chi connectivity index (χ2v) is 11.0. The molecule has 30 heavy (non-hydrogen) atoms. The summed E-state index contributed by atoms with van der Waals surface area (Å²) in [6, 6.07) is 9.50. The Morgan fingerprint density at radius 1 is 0.933 bits per heavy atom. The fourth-order valence-electron chi connectivity index (χ4n) is 3.61. The van der Waals surface area contributed by atoms with Crippen LogP contribution in [0.2, 0.25) is 10.0 Å². The smallest absolute Gasteiger partial charge is 0.162 e. The quantitative estimate of drug-likeness (QED) is 0.365. The molecule has 0 aliphatic heterocycles. The van der Waals surface area contributed by atoms with Gasteiger partial charge in [-0.15, -0.1) is 0 Å². The minimum Gasteiger partial charge on any atom is -0.490 e. The van der Waals surface area contributed by atoms with E-state index in [1.165, 1.54) is 0 Å². The molecule has 0 radical (unpaired) electrons. The SMILES string of the molecule is CCOc1cc(CNC(C)(C)CC(C)(C)C)c(Br)cc1OCc1ccc(Cl)c(Cl)c1. The Kier molecular flexibility index (Phi) is 8.93. The first-order valence-corrected chi connectivity index (χ1v) is 11.7. The standard InChI is InChI=1S/C24H32BrCl2NO2/c1-7-29-21-11-17(13-28-24(5,6)15-23(2,3)4)18(25)12-22(21)30-14-16-8-9-19(26)20(27)10-16/h8-12,28H,7,13-15H2,1-6H3. The van der Waals surface area contributed by atoms with Crippen molar-refractivity contribution in [2.75, 3.05) is 6.61 Å². The van der Waals surface area contributed by atoms with E-state index in [1.807, 2.05) is 31.2 Å². The van der Waals surface area contributed by atoms with Gasteiger partial charge in [-0.05, 0) is 68.0 Å². The molecule has 0 saturated heterocycles. The van der Waals surface area contributed by atoms with E-state index < -0.39 is 0 Å². The molecule has 2 aromatic rings. The van der Waals surface area contributed by atoms with E-state index in [0.717, 1.165) is 34.3 Å². The Hall–Kier alpha value is -0.940. The number of benzene rings is 2. The molecule has 0 heterocycles. The van der Waals surface area contributed by atoms with Crippen LogP contribution in [0.1, 0.15) is 59.1 Å². The van der Waals surface area contributed by atoms with Crippen LogP contribution in [0.25, 0.3) is 0 Å². The molecule has 0 bridgehead atoms. The van der Waals surface area contributed by atoms with E-state index >= 15 is 0 Å². The van der Waals surface area contributed by atoms with Crippen molar-refractivity contribution in [2.45, 2.75) is 66.7 Å². The maximum absolute atomic E-state index is 6.11. The molecule has 0 aliphatic rings. The van der Waals surface area contributed by atoms with Crippen molar-refractivity contribution in [3.05, 3.63) is 56.0 Å². The molecule has 0 spiro atoms. The van der Waals surface area contributed by atoms with Gasteiger partial charge in [0.05, 0.1) is 16.7 Å². The van der Waals surface area contributed by atoms with Crippen molar-refractivity contribution >= 4 is 39.1 Å². The molecule has 3 nitrogen and oxygen atoms in total. The summed E-state index contributed by atoms with van der Waals surface area (Å²) >= 11 is 15.8. The molecule has 0 unspecified atom stereocenters. The lowest BCUT2D eigenvalue weighted by atomic mass is 9.82. The van der Waals surface area contributed by atoms with Gasteiger partial charge in [0, 0.05) is 16.6 Å². The molecule has 1 N–H and O–H groups in total. The third kappa shape index (κ3) is 7.96. The van der Waals surface area contributed by atoms with Gasteiger partial charge in [-0.25, -0.2) is 0 Å². The summed E-state index contributed by atoms with van der Waals surface area (Å²) in [5, 5.41) is 4.73. The molecule has 0 aliphatic carbocycles. The highest BCUT2D eigenvalue weighted by Gasteiger charge is 2.25. The summed E-state index contributed by atoms with van der Waals surface area (Å²) in [4.78, 5) is 0. The highest BCUT2D eigenvalue weighted by Crippen LogP contribution is 2.35. The van der Waals surface area contributed by atoms with Gasteiger partial charge >= 0.3 is 0 Å². The molecule has 6 heteroatoms. The Labute approximate surface area is 199 Å². The molecule has 0 saturated carbocycles. The van der Waals surface area contributed by atoms with Crippen LogP contribution in [0.5, 0.6) is 11.5 Å². The molecule has 0 atom stereocenters. The Morgan fingerprint density at radius 3 is 2.20 bits per heavy atom. The van der Waals surface area contributed by atoms with Crippen molar-refractivity contribution in [2.24, 2.45) is 5.41 Å². The van der Waals surface area contributed by atoms with Crippen LogP contribution in [0, 0.1) is 5.41 Å². The minimum atomic E-state index is 0.0203. The molecule has 0 amide bonds. The second-order valence-electron chi connectivity index (χ2n) is 9.34. The van der Waals surface area contributed by atoms with Crippen LogP contribution in [0.15, 0.2) is 34.8 Å².